The summed E-state index contributed by atoms with van der Waals surface area (Å²) in [6.07, 6.45) is -0.965. The van der Waals surface area contributed by atoms with Crippen LogP contribution in [-0.2, 0) is 6.18 Å². The van der Waals surface area contributed by atoms with E-state index in [1.807, 2.05) is 32.0 Å². The quantitative estimate of drug-likeness (QED) is 0.410. The van der Waals surface area contributed by atoms with Gasteiger partial charge < -0.3 is 10.1 Å². The molecule has 34 heavy (non-hydrogen) atoms. The van der Waals surface area contributed by atoms with E-state index in [1.165, 1.54) is 23.1 Å². The van der Waals surface area contributed by atoms with Gasteiger partial charge in [-0.05, 0) is 62.2 Å². The third kappa shape index (κ3) is 4.90. The Balaban J connectivity index is 1.45. The van der Waals surface area contributed by atoms with Crippen molar-refractivity contribution in [1.29, 1.82) is 0 Å². The predicted molar refractivity (Wildman–Crippen MR) is 119 cm³/mol. The Morgan fingerprint density at radius 2 is 1.74 bits per heavy atom. The zero-order valence-electron chi connectivity index (χ0n) is 18.5. The van der Waals surface area contributed by atoms with Gasteiger partial charge in [-0.3, -0.25) is 4.79 Å². The molecule has 3 aromatic heterocycles. The van der Waals surface area contributed by atoms with E-state index < -0.39 is 17.6 Å². The van der Waals surface area contributed by atoms with Gasteiger partial charge in [-0.25, -0.2) is 14.6 Å². The minimum atomic E-state index is -4.48. The number of hydrogen-bond donors (Lipinski definition) is 1. The van der Waals surface area contributed by atoms with Crippen molar-refractivity contribution in [1.82, 2.24) is 19.7 Å². The first-order chi connectivity index (χ1) is 16.1. The zero-order valence-corrected chi connectivity index (χ0v) is 18.5. The van der Waals surface area contributed by atoms with Crippen LogP contribution >= 0.6 is 0 Å². The second-order valence-corrected chi connectivity index (χ2v) is 7.65. The minimum Gasteiger partial charge on any atom is -0.439 e. The highest BCUT2D eigenvalue weighted by atomic mass is 19.4. The summed E-state index contributed by atoms with van der Waals surface area (Å²) in [6.45, 7) is 5.63. The molecule has 1 aromatic carbocycles. The number of nitrogens with one attached hydrogen (secondary N) is 1. The van der Waals surface area contributed by atoms with Gasteiger partial charge in [-0.2, -0.15) is 18.3 Å². The predicted octanol–water partition coefficient (Wildman–Crippen LogP) is 5.65. The topological polar surface area (TPSA) is 81.9 Å². The third-order valence-electron chi connectivity index (χ3n) is 5.24. The first-order valence-electron chi connectivity index (χ1n) is 10.2. The SMILES string of the molecule is Cc1ccc(Oc2ccc(NC(=O)c3cnn(-c4ccc(C(F)(F)F)cn4)c3C)cn2)cc1C. The molecule has 0 aliphatic heterocycles. The minimum absolute atomic E-state index is 0.166. The van der Waals surface area contributed by atoms with Crippen molar-refractivity contribution in [2.24, 2.45) is 0 Å². The van der Waals surface area contributed by atoms with E-state index in [2.05, 4.69) is 20.4 Å². The van der Waals surface area contributed by atoms with Crippen molar-refractivity contribution in [2.45, 2.75) is 26.9 Å². The summed E-state index contributed by atoms with van der Waals surface area (Å²) in [5, 5.41) is 6.81. The average molecular weight is 467 g/mol. The maximum atomic E-state index is 12.8. The van der Waals surface area contributed by atoms with Crippen LogP contribution in [0, 0.1) is 20.8 Å². The lowest BCUT2D eigenvalue weighted by molar-refractivity contribution is -0.137. The number of carbonyl (C=O) groups is 1. The molecule has 0 spiro atoms. The van der Waals surface area contributed by atoms with Gasteiger partial charge in [0.15, 0.2) is 5.82 Å². The molecule has 0 atom stereocenters. The largest absolute Gasteiger partial charge is 0.439 e. The van der Waals surface area contributed by atoms with E-state index in [9.17, 15) is 18.0 Å². The van der Waals surface area contributed by atoms with Crippen LogP contribution < -0.4 is 10.1 Å². The molecule has 0 saturated carbocycles. The van der Waals surface area contributed by atoms with Crippen molar-refractivity contribution in [3.05, 3.63) is 89.0 Å². The average Bonchev–Trinajstić information content (AvgIpc) is 3.18. The highest BCUT2D eigenvalue weighted by molar-refractivity contribution is 6.04. The molecule has 0 aliphatic rings. The van der Waals surface area contributed by atoms with Gasteiger partial charge in [-0.15, -0.1) is 0 Å². The van der Waals surface area contributed by atoms with E-state index >= 15 is 0 Å². The summed E-state index contributed by atoms with van der Waals surface area (Å²) in [5.41, 5.74) is 2.51. The number of aromatic nitrogens is 4. The van der Waals surface area contributed by atoms with Crippen LogP contribution in [-0.4, -0.2) is 25.7 Å². The van der Waals surface area contributed by atoms with Gasteiger partial charge in [0.25, 0.3) is 5.91 Å². The monoisotopic (exact) mass is 467 g/mol. The number of pyridine rings is 2. The van der Waals surface area contributed by atoms with Crippen molar-refractivity contribution < 1.29 is 22.7 Å². The zero-order chi connectivity index (χ0) is 24.5. The molecular formula is C24H20F3N5O2. The number of alkyl halides is 3. The molecule has 174 valence electrons. The van der Waals surface area contributed by atoms with Crippen molar-refractivity contribution in [2.75, 3.05) is 5.32 Å². The van der Waals surface area contributed by atoms with E-state index in [4.69, 9.17) is 4.74 Å². The van der Waals surface area contributed by atoms with Gasteiger partial charge in [0.1, 0.15) is 5.75 Å². The fourth-order valence-corrected chi connectivity index (χ4v) is 3.15. The molecule has 0 saturated heterocycles. The van der Waals surface area contributed by atoms with Crippen LogP contribution in [0.5, 0.6) is 11.6 Å². The Morgan fingerprint density at radius 3 is 2.35 bits per heavy atom. The molecule has 10 heteroatoms. The number of anilines is 1. The number of rotatable bonds is 5. The highest BCUT2D eigenvalue weighted by Crippen LogP contribution is 2.29. The molecule has 7 nitrogen and oxygen atoms in total. The molecule has 0 radical (unpaired) electrons. The molecule has 1 amide bonds. The van der Waals surface area contributed by atoms with Gasteiger partial charge in [0, 0.05) is 12.3 Å². The summed E-state index contributed by atoms with van der Waals surface area (Å²) < 4.78 is 45.3. The Morgan fingerprint density at radius 1 is 0.941 bits per heavy atom. The molecular weight excluding hydrogens is 447 g/mol. The number of carbonyl (C=O) groups excluding carboxylic acids is 1. The fourth-order valence-electron chi connectivity index (χ4n) is 3.15. The molecule has 0 aliphatic carbocycles. The number of aryl methyl sites for hydroxylation is 2. The number of halogens is 3. The standard InChI is InChI=1S/C24H20F3N5O2/c1-14-4-7-19(10-15(14)2)34-22-9-6-18(12-29-22)31-23(33)20-13-30-32(16(20)3)21-8-5-17(11-28-21)24(25,26)27/h4-13H,1-3H3,(H,31,33). The molecule has 0 bridgehead atoms. The van der Waals surface area contributed by atoms with Gasteiger partial charge in [0.2, 0.25) is 5.88 Å². The molecule has 4 aromatic rings. The molecule has 1 N–H and O–H groups in total. The lowest BCUT2D eigenvalue weighted by Crippen LogP contribution is -2.13. The summed E-state index contributed by atoms with van der Waals surface area (Å²) in [5.74, 6) is 0.755. The van der Waals surface area contributed by atoms with Crippen molar-refractivity contribution in [3.8, 4) is 17.4 Å². The lowest BCUT2D eigenvalue weighted by atomic mass is 10.1. The Kier molecular flexibility index (Phi) is 6.06. The lowest BCUT2D eigenvalue weighted by Gasteiger charge is -2.09. The van der Waals surface area contributed by atoms with Crippen LogP contribution in [0.15, 0.2) is 61.1 Å². The Labute approximate surface area is 193 Å². The van der Waals surface area contributed by atoms with Crippen molar-refractivity contribution in [3.63, 3.8) is 0 Å². The Hall–Kier alpha value is -4.21. The van der Waals surface area contributed by atoms with E-state index in [-0.39, 0.29) is 11.4 Å². The first kappa shape index (κ1) is 23.0. The van der Waals surface area contributed by atoms with Gasteiger partial charge in [0.05, 0.1) is 34.9 Å². The second-order valence-electron chi connectivity index (χ2n) is 7.65. The van der Waals surface area contributed by atoms with Gasteiger partial charge in [-0.1, -0.05) is 6.07 Å². The van der Waals surface area contributed by atoms with Gasteiger partial charge >= 0.3 is 6.18 Å². The Bertz CT molecular complexity index is 1330. The smallest absolute Gasteiger partial charge is 0.417 e. The van der Waals surface area contributed by atoms with E-state index in [1.54, 1.807) is 19.1 Å². The maximum absolute atomic E-state index is 12.8. The van der Waals surface area contributed by atoms with E-state index in [0.717, 1.165) is 23.4 Å². The van der Waals surface area contributed by atoms with Crippen LogP contribution in [0.2, 0.25) is 0 Å². The van der Waals surface area contributed by atoms with Crippen LogP contribution in [0.3, 0.4) is 0 Å². The second kappa shape index (κ2) is 8.97. The van der Waals surface area contributed by atoms with Crippen LogP contribution in [0.4, 0.5) is 18.9 Å². The third-order valence-corrected chi connectivity index (χ3v) is 5.24. The molecule has 0 unspecified atom stereocenters. The van der Waals surface area contributed by atoms with E-state index in [0.29, 0.717) is 23.0 Å². The summed E-state index contributed by atoms with van der Waals surface area (Å²) in [4.78, 5) is 20.7. The number of benzene rings is 1. The maximum Gasteiger partial charge on any atom is 0.417 e. The van der Waals surface area contributed by atoms with Crippen LogP contribution in [0.25, 0.3) is 5.82 Å². The summed E-state index contributed by atoms with van der Waals surface area (Å²) in [7, 11) is 0. The van der Waals surface area contributed by atoms with Crippen LogP contribution in [0.1, 0.15) is 32.7 Å². The highest BCUT2D eigenvalue weighted by Gasteiger charge is 2.30. The first-order valence-corrected chi connectivity index (χ1v) is 10.2. The fraction of sp³-hybridized carbons (Fsp3) is 0.167. The number of ether oxygens (including phenoxy) is 1. The number of nitrogens with zero attached hydrogens (tertiary/aromatic N) is 4. The molecule has 3 heterocycles. The molecule has 4 rings (SSSR count). The normalized spacial score (nSPS) is 11.4. The number of amides is 1. The number of hydrogen-bond acceptors (Lipinski definition) is 5. The summed E-state index contributed by atoms with van der Waals surface area (Å²) in [6, 6.07) is 11.1. The van der Waals surface area contributed by atoms with Crippen molar-refractivity contribution >= 4 is 11.6 Å². The molecule has 0 fully saturated rings. The summed E-state index contributed by atoms with van der Waals surface area (Å²) >= 11 is 0.